The topological polar surface area (TPSA) is 87.7 Å². The van der Waals surface area contributed by atoms with E-state index in [-0.39, 0.29) is 29.9 Å². The van der Waals surface area contributed by atoms with Crippen molar-refractivity contribution in [2.45, 2.75) is 63.6 Å². The third kappa shape index (κ3) is 4.86. The van der Waals surface area contributed by atoms with Gasteiger partial charge in [-0.2, -0.15) is 0 Å². The summed E-state index contributed by atoms with van der Waals surface area (Å²) in [6.45, 7) is 4.10. The van der Waals surface area contributed by atoms with Crippen molar-refractivity contribution in [2.24, 2.45) is 0 Å². The summed E-state index contributed by atoms with van der Waals surface area (Å²) in [6, 6.07) is 5.95. The standard InChI is InChI=1S/C26H32ClN5O3/c1-26(9-3-4-10-26)31(2)22(33)16-32-15-18-6-5-17(13-20(18)24(32)34)23-21(27)14-28-25(30-23)29-19-7-11-35-12-8-19/h5-6,13-14,19H,3-4,7-12,15-16H2,1-2H3,(H,28,29,30). The van der Waals surface area contributed by atoms with Gasteiger partial charge in [-0.1, -0.05) is 36.6 Å². The van der Waals surface area contributed by atoms with Crippen LogP contribution in [-0.2, 0) is 16.1 Å². The predicted molar refractivity (Wildman–Crippen MR) is 134 cm³/mol. The van der Waals surface area contributed by atoms with Gasteiger partial charge in [-0.3, -0.25) is 9.59 Å². The minimum atomic E-state index is -0.133. The fourth-order valence-corrected chi connectivity index (χ4v) is 5.54. The summed E-state index contributed by atoms with van der Waals surface area (Å²) in [5.41, 5.74) is 2.73. The van der Waals surface area contributed by atoms with E-state index in [4.69, 9.17) is 16.3 Å². The molecular weight excluding hydrogens is 466 g/mol. The summed E-state index contributed by atoms with van der Waals surface area (Å²) in [6.07, 6.45) is 7.70. The number of hydrogen-bond acceptors (Lipinski definition) is 6. The summed E-state index contributed by atoms with van der Waals surface area (Å²) in [5.74, 6) is 0.364. The number of fused-ring (bicyclic) bond motifs is 1. The van der Waals surface area contributed by atoms with Crippen LogP contribution in [0.3, 0.4) is 0 Å². The van der Waals surface area contributed by atoms with Crippen molar-refractivity contribution >= 4 is 29.4 Å². The van der Waals surface area contributed by atoms with Crippen molar-refractivity contribution in [1.82, 2.24) is 19.8 Å². The van der Waals surface area contributed by atoms with Crippen molar-refractivity contribution in [3.05, 3.63) is 40.5 Å². The largest absolute Gasteiger partial charge is 0.381 e. The number of nitrogens with one attached hydrogen (secondary N) is 1. The molecule has 0 unspecified atom stereocenters. The van der Waals surface area contributed by atoms with Gasteiger partial charge in [-0.15, -0.1) is 0 Å². The van der Waals surface area contributed by atoms with Gasteiger partial charge >= 0.3 is 0 Å². The van der Waals surface area contributed by atoms with Gasteiger partial charge in [-0.05, 0) is 44.2 Å². The van der Waals surface area contributed by atoms with E-state index in [9.17, 15) is 9.59 Å². The van der Waals surface area contributed by atoms with Crippen LogP contribution in [0.4, 0.5) is 5.95 Å². The van der Waals surface area contributed by atoms with Crippen LogP contribution in [0.25, 0.3) is 11.3 Å². The number of halogens is 1. The smallest absolute Gasteiger partial charge is 0.254 e. The molecule has 1 N–H and O–H groups in total. The molecule has 9 heteroatoms. The number of aromatic nitrogens is 2. The summed E-state index contributed by atoms with van der Waals surface area (Å²) in [4.78, 5) is 38.7. The number of likely N-dealkylation sites (N-methyl/N-ethyl adjacent to an activating group) is 1. The first-order valence-corrected chi connectivity index (χ1v) is 12.8. The molecule has 1 saturated heterocycles. The summed E-state index contributed by atoms with van der Waals surface area (Å²) in [5, 5.41) is 3.79. The Bertz CT molecular complexity index is 1130. The first kappa shape index (κ1) is 24.0. The van der Waals surface area contributed by atoms with Gasteiger partial charge < -0.3 is 19.9 Å². The molecule has 35 heavy (non-hydrogen) atoms. The molecule has 2 aromatic rings. The molecule has 0 atom stereocenters. The van der Waals surface area contributed by atoms with Crippen LogP contribution in [0.1, 0.15) is 61.4 Å². The summed E-state index contributed by atoms with van der Waals surface area (Å²) < 4.78 is 5.42. The molecule has 0 bridgehead atoms. The number of benzene rings is 1. The van der Waals surface area contributed by atoms with Crippen molar-refractivity contribution < 1.29 is 14.3 Å². The number of ether oxygens (including phenoxy) is 1. The molecule has 2 amide bonds. The summed E-state index contributed by atoms with van der Waals surface area (Å²) in [7, 11) is 1.86. The van der Waals surface area contributed by atoms with E-state index in [1.165, 1.54) is 0 Å². The third-order valence-electron chi connectivity index (χ3n) is 7.75. The lowest BCUT2D eigenvalue weighted by molar-refractivity contribution is -0.135. The molecule has 1 aliphatic carbocycles. The SMILES string of the molecule is CN(C(=O)CN1Cc2ccc(-c3nc(NC4CCOCC4)ncc3Cl)cc2C1=O)C1(C)CCCC1. The van der Waals surface area contributed by atoms with E-state index in [0.717, 1.165) is 62.9 Å². The Hall–Kier alpha value is -2.71. The Kier molecular flexibility index (Phi) is 6.68. The van der Waals surface area contributed by atoms with Crippen LogP contribution in [0.2, 0.25) is 5.02 Å². The molecule has 186 valence electrons. The zero-order valence-corrected chi connectivity index (χ0v) is 21.1. The minimum Gasteiger partial charge on any atom is -0.381 e. The number of carbonyl (C=O) groups is 2. The molecule has 0 spiro atoms. The van der Waals surface area contributed by atoms with Crippen molar-refractivity contribution in [2.75, 3.05) is 32.1 Å². The Labute approximate surface area is 211 Å². The third-order valence-corrected chi connectivity index (χ3v) is 8.03. The van der Waals surface area contributed by atoms with Gasteiger partial charge in [0.1, 0.15) is 6.54 Å². The van der Waals surface area contributed by atoms with E-state index >= 15 is 0 Å². The highest BCUT2D eigenvalue weighted by Crippen LogP contribution is 2.35. The quantitative estimate of drug-likeness (QED) is 0.645. The van der Waals surface area contributed by atoms with Gasteiger partial charge in [0.05, 0.1) is 16.9 Å². The normalized spacial score (nSPS) is 19.6. The van der Waals surface area contributed by atoms with Crippen molar-refractivity contribution in [3.63, 3.8) is 0 Å². The minimum absolute atomic E-state index is 0.0153. The number of nitrogens with zero attached hydrogens (tertiary/aromatic N) is 4. The molecule has 5 rings (SSSR count). The van der Waals surface area contributed by atoms with Gasteiger partial charge in [0.25, 0.3) is 5.91 Å². The number of rotatable bonds is 6. The van der Waals surface area contributed by atoms with E-state index in [2.05, 4.69) is 22.2 Å². The second kappa shape index (κ2) is 9.74. The Balaban J connectivity index is 1.31. The van der Waals surface area contributed by atoms with Crippen LogP contribution in [-0.4, -0.2) is 70.0 Å². The monoisotopic (exact) mass is 497 g/mol. The summed E-state index contributed by atoms with van der Waals surface area (Å²) >= 11 is 6.45. The van der Waals surface area contributed by atoms with Gasteiger partial charge in [-0.25, -0.2) is 9.97 Å². The van der Waals surface area contributed by atoms with Crippen molar-refractivity contribution in [1.29, 1.82) is 0 Å². The highest BCUT2D eigenvalue weighted by Gasteiger charge is 2.37. The first-order chi connectivity index (χ1) is 16.8. The predicted octanol–water partition coefficient (Wildman–Crippen LogP) is 4.13. The zero-order valence-electron chi connectivity index (χ0n) is 20.3. The lowest BCUT2D eigenvalue weighted by Gasteiger charge is -2.36. The van der Waals surface area contributed by atoms with E-state index in [1.54, 1.807) is 11.1 Å². The molecule has 8 nitrogen and oxygen atoms in total. The zero-order chi connectivity index (χ0) is 24.6. The lowest BCUT2D eigenvalue weighted by atomic mass is 9.98. The highest BCUT2D eigenvalue weighted by atomic mass is 35.5. The van der Waals surface area contributed by atoms with Crippen LogP contribution in [0.15, 0.2) is 24.4 Å². The first-order valence-electron chi connectivity index (χ1n) is 12.4. The van der Waals surface area contributed by atoms with Gasteiger partial charge in [0.2, 0.25) is 11.9 Å². The second-order valence-corrected chi connectivity index (χ2v) is 10.5. The highest BCUT2D eigenvalue weighted by molar-refractivity contribution is 6.33. The lowest BCUT2D eigenvalue weighted by Crippen LogP contribution is -2.49. The Morgan fingerprint density at radius 2 is 2.03 bits per heavy atom. The molecular formula is C26H32ClN5O3. The molecule has 0 radical (unpaired) electrons. The van der Waals surface area contributed by atoms with Crippen LogP contribution >= 0.6 is 11.6 Å². The van der Waals surface area contributed by atoms with Gasteiger partial charge in [0.15, 0.2) is 0 Å². The van der Waals surface area contributed by atoms with E-state index in [0.29, 0.717) is 28.8 Å². The molecule has 1 aromatic heterocycles. The van der Waals surface area contributed by atoms with Crippen LogP contribution in [0, 0.1) is 0 Å². The number of carbonyl (C=O) groups excluding carboxylic acids is 2. The molecule has 3 heterocycles. The molecule has 3 aliphatic rings. The number of anilines is 1. The average molecular weight is 498 g/mol. The molecule has 2 fully saturated rings. The van der Waals surface area contributed by atoms with Crippen LogP contribution < -0.4 is 5.32 Å². The Morgan fingerprint density at radius 1 is 1.29 bits per heavy atom. The second-order valence-electron chi connectivity index (χ2n) is 10.1. The van der Waals surface area contributed by atoms with Crippen LogP contribution in [0.5, 0.6) is 0 Å². The maximum Gasteiger partial charge on any atom is 0.254 e. The number of amides is 2. The fraction of sp³-hybridized carbons (Fsp3) is 0.538. The van der Waals surface area contributed by atoms with E-state index in [1.807, 2.05) is 30.1 Å². The molecule has 2 aliphatic heterocycles. The van der Waals surface area contributed by atoms with Gasteiger partial charge in [0, 0.05) is 49.5 Å². The maximum atomic E-state index is 13.2. The Morgan fingerprint density at radius 3 is 2.77 bits per heavy atom. The number of hydrogen-bond donors (Lipinski definition) is 1. The average Bonchev–Trinajstić information content (AvgIpc) is 3.44. The fourth-order valence-electron chi connectivity index (χ4n) is 5.34. The van der Waals surface area contributed by atoms with Crippen molar-refractivity contribution in [3.8, 4) is 11.3 Å². The van der Waals surface area contributed by atoms with E-state index < -0.39 is 0 Å². The molecule has 1 aromatic carbocycles. The maximum absolute atomic E-state index is 13.2. The molecule has 1 saturated carbocycles.